The zero-order chi connectivity index (χ0) is 19.3. The second-order valence-electron chi connectivity index (χ2n) is 5.54. The third-order valence-electron chi connectivity index (χ3n) is 3.65. The van der Waals surface area contributed by atoms with Crippen molar-refractivity contribution in [2.75, 3.05) is 19.5 Å². The lowest BCUT2D eigenvalue weighted by Gasteiger charge is -2.16. The van der Waals surface area contributed by atoms with E-state index in [9.17, 15) is 14.9 Å². The minimum Gasteiger partial charge on any atom is -0.497 e. The van der Waals surface area contributed by atoms with Crippen LogP contribution in [0.3, 0.4) is 0 Å². The molecule has 0 bridgehead atoms. The molecule has 0 saturated heterocycles. The van der Waals surface area contributed by atoms with Crippen LogP contribution < -0.4 is 19.5 Å². The number of hydrogen-bond acceptors (Lipinski definition) is 6. The fourth-order valence-electron chi connectivity index (χ4n) is 2.26. The first kappa shape index (κ1) is 19.0. The average Bonchev–Trinajstić information content (AvgIpc) is 2.62. The first-order chi connectivity index (χ1) is 12.3. The Hall–Kier alpha value is -3.29. The van der Waals surface area contributed by atoms with Crippen LogP contribution in [-0.4, -0.2) is 31.2 Å². The number of nitro groups is 1. The van der Waals surface area contributed by atoms with Gasteiger partial charge in [-0.05, 0) is 37.6 Å². The summed E-state index contributed by atoms with van der Waals surface area (Å²) >= 11 is 0. The number of hydrogen-bond donors (Lipinski definition) is 1. The fourth-order valence-corrected chi connectivity index (χ4v) is 2.26. The van der Waals surface area contributed by atoms with Gasteiger partial charge in [0.05, 0.1) is 24.8 Å². The molecule has 0 saturated carbocycles. The van der Waals surface area contributed by atoms with Crippen molar-refractivity contribution in [3.63, 3.8) is 0 Å². The van der Waals surface area contributed by atoms with Crippen LogP contribution in [0.25, 0.3) is 0 Å². The highest BCUT2D eigenvalue weighted by Crippen LogP contribution is 2.31. The average molecular weight is 360 g/mol. The highest BCUT2D eigenvalue weighted by molar-refractivity contribution is 5.95. The zero-order valence-electron chi connectivity index (χ0n) is 14.9. The highest BCUT2D eigenvalue weighted by atomic mass is 16.6. The summed E-state index contributed by atoms with van der Waals surface area (Å²) in [7, 11) is 2.99. The van der Waals surface area contributed by atoms with Crippen molar-refractivity contribution < 1.29 is 23.9 Å². The first-order valence-corrected chi connectivity index (χ1v) is 7.80. The van der Waals surface area contributed by atoms with Crippen LogP contribution in [0.5, 0.6) is 17.2 Å². The summed E-state index contributed by atoms with van der Waals surface area (Å²) < 4.78 is 15.8. The maximum absolute atomic E-state index is 12.4. The number of nitro benzene ring substituents is 1. The number of carbonyl (C=O) groups is 1. The molecule has 1 unspecified atom stereocenters. The van der Waals surface area contributed by atoms with Gasteiger partial charge in [-0.3, -0.25) is 14.9 Å². The third kappa shape index (κ3) is 4.41. The molecule has 8 heteroatoms. The van der Waals surface area contributed by atoms with E-state index in [1.165, 1.54) is 33.3 Å². The Labute approximate surface area is 150 Å². The predicted molar refractivity (Wildman–Crippen MR) is 96.1 cm³/mol. The molecular formula is C18H20N2O6. The molecule has 1 atom stereocenters. The van der Waals surface area contributed by atoms with Crippen molar-refractivity contribution in [1.29, 1.82) is 0 Å². The van der Waals surface area contributed by atoms with Gasteiger partial charge in [0.1, 0.15) is 11.5 Å². The van der Waals surface area contributed by atoms with Gasteiger partial charge in [0, 0.05) is 12.1 Å². The van der Waals surface area contributed by atoms with Gasteiger partial charge in [-0.2, -0.15) is 0 Å². The van der Waals surface area contributed by atoms with Gasteiger partial charge in [0.2, 0.25) is 0 Å². The van der Waals surface area contributed by atoms with Gasteiger partial charge in [0.25, 0.3) is 5.91 Å². The summed E-state index contributed by atoms with van der Waals surface area (Å²) in [4.78, 5) is 23.1. The van der Waals surface area contributed by atoms with E-state index in [1.54, 1.807) is 31.2 Å². The molecule has 2 rings (SSSR count). The molecule has 2 aromatic carbocycles. The Morgan fingerprint density at radius 1 is 1.12 bits per heavy atom. The van der Waals surface area contributed by atoms with Crippen LogP contribution in [-0.2, 0) is 4.79 Å². The second-order valence-corrected chi connectivity index (χ2v) is 5.54. The quantitative estimate of drug-likeness (QED) is 0.600. The Bertz CT molecular complexity index is 821. The van der Waals surface area contributed by atoms with Crippen molar-refractivity contribution in [1.82, 2.24) is 0 Å². The summed E-state index contributed by atoms with van der Waals surface area (Å²) in [6.45, 7) is 3.24. The molecule has 0 radical (unpaired) electrons. The molecule has 0 heterocycles. The van der Waals surface area contributed by atoms with E-state index in [0.717, 1.165) is 5.56 Å². The SMILES string of the molecule is COc1ccc(OC)c(NC(=O)C(C)Oc2ccc(C)cc2[N+](=O)[O-])c1. The molecule has 0 aliphatic heterocycles. The van der Waals surface area contributed by atoms with Gasteiger partial charge in [0.15, 0.2) is 11.9 Å². The Morgan fingerprint density at radius 3 is 2.42 bits per heavy atom. The summed E-state index contributed by atoms with van der Waals surface area (Å²) in [6, 6.07) is 9.51. The number of rotatable bonds is 7. The highest BCUT2D eigenvalue weighted by Gasteiger charge is 2.22. The summed E-state index contributed by atoms with van der Waals surface area (Å²) in [6.07, 6.45) is -0.965. The van der Waals surface area contributed by atoms with Crippen LogP contribution in [0.1, 0.15) is 12.5 Å². The molecule has 1 amide bonds. The van der Waals surface area contributed by atoms with Crippen LogP contribution in [0.15, 0.2) is 36.4 Å². The Kier molecular flexibility index (Phi) is 6.00. The van der Waals surface area contributed by atoms with E-state index in [1.807, 2.05) is 0 Å². The largest absolute Gasteiger partial charge is 0.497 e. The van der Waals surface area contributed by atoms with Gasteiger partial charge in [-0.25, -0.2) is 0 Å². The Morgan fingerprint density at radius 2 is 1.81 bits per heavy atom. The van der Waals surface area contributed by atoms with Crippen LogP contribution >= 0.6 is 0 Å². The minimum absolute atomic E-state index is 0.0286. The molecule has 0 aromatic heterocycles. The van der Waals surface area contributed by atoms with E-state index in [0.29, 0.717) is 17.2 Å². The number of methoxy groups -OCH3 is 2. The van der Waals surface area contributed by atoms with Gasteiger partial charge in [-0.1, -0.05) is 6.07 Å². The van der Waals surface area contributed by atoms with Crippen LogP contribution in [0.4, 0.5) is 11.4 Å². The molecule has 2 aromatic rings. The standard InChI is InChI=1S/C18H20N2O6/c1-11-5-7-17(15(9-11)20(22)23)26-12(2)18(21)19-14-10-13(24-3)6-8-16(14)25-4/h5-10,12H,1-4H3,(H,19,21). The summed E-state index contributed by atoms with van der Waals surface area (Å²) in [5.74, 6) is 0.545. The maximum Gasteiger partial charge on any atom is 0.311 e. The topological polar surface area (TPSA) is 99.9 Å². The predicted octanol–water partition coefficient (Wildman–Crippen LogP) is 3.33. The number of benzene rings is 2. The molecule has 26 heavy (non-hydrogen) atoms. The third-order valence-corrected chi connectivity index (χ3v) is 3.65. The van der Waals surface area contributed by atoms with E-state index in [2.05, 4.69) is 5.32 Å². The lowest BCUT2D eigenvalue weighted by molar-refractivity contribution is -0.386. The van der Waals surface area contributed by atoms with E-state index in [4.69, 9.17) is 14.2 Å². The number of nitrogens with zero attached hydrogens (tertiary/aromatic N) is 1. The van der Waals surface area contributed by atoms with Crippen molar-refractivity contribution in [2.45, 2.75) is 20.0 Å². The monoisotopic (exact) mass is 360 g/mol. The van der Waals surface area contributed by atoms with Crippen LogP contribution in [0, 0.1) is 17.0 Å². The van der Waals surface area contributed by atoms with Gasteiger partial charge in [-0.15, -0.1) is 0 Å². The molecule has 1 N–H and O–H groups in total. The maximum atomic E-state index is 12.4. The first-order valence-electron chi connectivity index (χ1n) is 7.80. The Balaban J connectivity index is 2.17. The second kappa shape index (κ2) is 8.19. The van der Waals surface area contributed by atoms with Gasteiger partial charge < -0.3 is 19.5 Å². The normalized spacial score (nSPS) is 11.4. The van der Waals surface area contributed by atoms with Gasteiger partial charge >= 0.3 is 5.69 Å². The fraction of sp³-hybridized carbons (Fsp3) is 0.278. The van der Waals surface area contributed by atoms with E-state index >= 15 is 0 Å². The van der Waals surface area contributed by atoms with Crippen molar-refractivity contribution in [3.8, 4) is 17.2 Å². The number of carbonyl (C=O) groups excluding carboxylic acids is 1. The molecule has 138 valence electrons. The number of aryl methyl sites for hydroxylation is 1. The van der Waals surface area contributed by atoms with E-state index in [-0.39, 0.29) is 11.4 Å². The lowest BCUT2D eigenvalue weighted by atomic mass is 10.2. The lowest BCUT2D eigenvalue weighted by Crippen LogP contribution is -2.30. The van der Waals surface area contributed by atoms with Crippen LogP contribution in [0.2, 0.25) is 0 Å². The summed E-state index contributed by atoms with van der Waals surface area (Å²) in [5.41, 5.74) is 0.941. The smallest absolute Gasteiger partial charge is 0.311 e. The van der Waals surface area contributed by atoms with E-state index < -0.39 is 16.9 Å². The minimum atomic E-state index is -0.965. The molecule has 0 aliphatic carbocycles. The van der Waals surface area contributed by atoms with Crippen molar-refractivity contribution in [2.24, 2.45) is 0 Å². The summed E-state index contributed by atoms with van der Waals surface area (Å²) in [5, 5.41) is 13.8. The zero-order valence-corrected chi connectivity index (χ0v) is 14.9. The molecule has 0 aliphatic rings. The molecule has 8 nitrogen and oxygen atoms in total. The molecule has 0 spiro atoms. The molecular weight excluding hydrogens is 340 g/mol. The number of ether oxygens (including phenoxy) is 3. The molecule has 0 fully saturated rings. The van der Waals surface area contributed by atoms with Crippen molar-refractivity contribution >= 4 is 17.3 Å². The number of amides is 1. The number of anilines is 1. The van der Waals surface area contributed by atoms with Crippen molar-refractivity contribution in [3.05, 3.63) is 52.1 Å². The number of nitrogens with one attached hydrogen (secondary N) is 1.